The number of ether oxygens (including phenoxy) is 1. The van der Waals surface area contributed by atoms with Crippen molar-refractivity contribution in [1.29, 1.82) is 0 Å². The summed E-state index contributed by atoms with van der Waals surface area (Å²) < 4.78 is 7.11. The molecule has 0 aliphatic carbocycles. The zero-order valence-corrected chi connectivity index (χ0v) is 21.0. The van der Waals surface area contributed by atoms with Crippen LogP contribution >= 0.6 is 0 Å². The highest BCUT2D eigenvalue weighted by Crippen LogP contribution is 2.35. The number of rotatable bonds is 8. The smallest absolute Gasteiger partial charge is 0.332 e. The Balaban J connectivity index is 1.56. The lowest BCUT2D eigenvalue weighted by atomic mass is 10.1. The average Bonchev–Trinajstić information content (AvgIpc) is 3.45. The van der Waals surface area contributed by atoms with E-state index in [0.29, 0.717) is 36.8 Å². The minimum absolute atomic E-state index is 0.303. The van der Waals surface area contributed by atoms with Crippen molar-refractivity contribution in [3.05, 3.63) is 95.3 Å². The first-order chi connectivity index (χ1) is 18.0. The maximum Gasteiger partial charge on any atom is 0.332 e. The van der Waals surface area contributed by atoms with Crippen molar-refractivity contribution in [1.82, 2.24) is 25.1 Å². The van der Waals surface area contributed by atoms with Gasteiger partial charge >= 0.3 is 6.03 Å². The van der Waals surface area contributed by atoms with E-state index < -0.39 is 18.0 Å². The Morgan fingerprint density at radius 1 is 0.892 bits per heavy atom. The van der Waals surface area contributed by atoms with Crippen molar-refractivity contribution < 1.29 is 14.3 Å². The van der Waals surface area contributed by atoms with E-state index >= 15 is 0 Å². The maximum atomic E-state index is 13.9. The van der Waals surface area contributed by atoms with E-state index in [1.54, 1.807) is 33.8 Å². The van der Waals surface area contributed by atoms with Crippen LogP contribution in [0.25, 0.3) is 5.69 Å². The fourth-order valence-electron chi connectivity index (χ4n) is 4.72. The molecule has 5 rings (SSSR count). The molecule has 0 saturated carbocycles. The van der Waals surface area contributed by atoms with Crippen LogP contribution in [0.5, 0.6) is 5.75 Å². The second kappa shape index (κ2) is 10.2. The van der Waals surface area contributed by atoms with Gasteiger partial charge in [-0.15, -0.1) is 5.10 Å². The van der Waals surface area contributed by atoms with E-state index in [2.05, 4.69) is 15.5 Å². The molecule has 1 aliphatic rings. The van der Waals surface area contributed by atoms with Crippen LogP contribution in [0.4, 0.5) is 10.5 Å². The number of urea groups is 1. The van der Waals surface area contributed by atoms with Crippen molar-refractivity contribution in [2.24, 2.45) is 0 Å². The third kappa shape index (κ3) is 4.55. The van der Waals surface area contributed by atoms with Gasteiger partial charge in [-0.05, 0) is 78.6 Å². The summed E-state index contributed by atoms with van der Waals surface area (Å²) in [4.78, 5) is 30.4. The Bertz CT molecular complexity index is 1400. The molecule has 0 bridgehead atoms. The summed E-state index contributed by atoms with van der Waals surface area (Å²) in [5, 5.41) is 12.4. The zero-order chi connectivity index (χ0) is 25.9. The number of amides is 3. The number of tetrazole rings is 1. The van der Waals surface area contributed by atoms with Gasteiger partial charge in [0.05, 0.1) is 18.0 Å². The minimum atomic E-state index is -0.975. The number of aryl methyl sites for hydroxylation is 2. The van der Waals surface area contributed by atoms with Gasteiger partial charge in [-0.25, -0.2) is 9.69 Å². The van der Waals surface area contributed by atoms with Crippen LogP contribution in [0.15, 0.2) is 72.8 Å². The Labute approximate surface area is 215 Å². The summed E-state index contributed by atoms with van der Waals surface area (Å²) in [5.74, 6) is 0.573. The predicted molar refractivity (Wildman–Crippen MR) is 139 cm³/mol. The van der Waals surface area contributed by atoms with Crippen LogP contribution < -0.4 is 9.64 Å². The number of para-hydroxylation sites is 1. The van der Waals surface area contributed by atoms with Crippen molar-refractivity contribution in [3.63, 3.8) is 0 Å². The van der Waals surface area contributed by atoms with Gasteiger partial charge in [-0.3, -0.25) is 4.79 Å². The van der Waals surface area contributed by atoms with Crippen LogP contribution in [0, 0.1) is 13.8 Å². The number of anilines is 1. The van der Waals surface area contributed by atoms with Crippen LogP contribution in [0.2, 0.25) is 0 Å². The predicted octanol–water partition coefficient (Wildman–Crippen LogP) is 4.43. The fraction of sp³-hybridized carbons (Fsp3) is 0.250. The largest absolute Gasteiger partial charge is 0.494 e. The van der Waals surface area contributed by atoms with Crippen LogP contribution in [0.1, 0.15) is 35.5 Å². The molecule has 0 spiro atoms. The average molecular weight is 497 g/mol. The lowest BCUT2D eigenvalue weighted by Gasteiger charge is -2.22. The topological polar surface area (TPSA) is 93.5 Å². The number of imide groups is 1. The third-order valence-electron chi connectivity index (χ3n) is 6.48. The van der Waals surface area contributed by atoms with Crippen LogP contribution in [0.3, 0.4) is 0 Å². The Morgan fingerprint density at radius 3 is 2.27 bits per heavy atom. The molecule has 1 aliphatic heterocycles. The van der Waals surface area contributed by atoms with Gasteiger partial charge < -0.3 is 9.64 Å². The van der Waals surface area contributed by atoms with E-state index in [1.807, 2.05) is 69.3 Å². The molecule has 1 atom stereocenters. The number of hydrogen-bond donors (Lipinski definition) is 0. The third-order valence-corrected chi connectivity index (χ3v) is 6.48. The highest BCUT2D eigenvalue weighted by molar-refractivity contribution is 6.21. The Morgan fingerprint density at radius 2 is 1.59 bits per heavy atom. The van der Waals surface area contributed by atoms with Crippen LogP contribution in [-0.2, 0) is 11.2 Å². The Hall–Kier alpha value is -4.53. The molecule has 188 valence electrons. The number of carbonyl (C=O) groups excluding carboxylic acids is 2. The van der Waals surface area contributed by atoms with Crippen LogP contribution in [-0.4, -0.2) is 50.2 Å². The molecule has 3 aromatic carbocycles. The summed E-state index contributed by atoms with van der Waals surface area (Å²) >= 11 is 0. The van der Waals surface area contributed by atoms with Gasteiger partial charge in [0.25, 0.3) is 5.91 Å². The molecule has 1 aromatic heterocycles. The second-order valence-corrected chi connectivity index (χ2v) is 8.90. The van der Waals surface area contributed by atoms with Gasteiger partial charge in [0, 0.05) is 6.54 Å². The molecule has 9 nitrogen and oxygen atoms in total. The van der Waals surface area contributed by atoms with E-state index in [-0.39, 0.29) is 0 Å². The molecule has 3 amide bonds. The Kier molecular flexibility index (Phi) is 6.68. The molecule has 9 heteroatoms. The molecule has 0 radical (unpaired) electrons. The molecule has 0 N–H and O–H groups in total. The molecular formula is C28H28N6O3. The summed E-state index contributed by atoms with van der Waals surface area (Å²) in [6, 6.07) is 21.3. The number of benzene rings is 3. The summed E-state index contributed by atoms with van der Waals surface area (Å²) in [6.07, 6.45) is 0.582. The summed E-state index contributed by atoms with van der Waals surface area (Å²) in [6.45, 7) is 6.68. The number of carbonyl (C=O) groups is 2. The molecule has 2 heterocycles. The van der Waals surface area contributed by atoms with Crippen molar-refractivity contribution in [3.8, 4) is 11.4 Å². The number of aromatic nitrogens is 4. The first kappa shape index (κ1) is 24.2. The molecule has 37 heavy (non-hydrogen) atoms. The van der Waals surface area contributed by atoms with Gasteiger partial charge in [-0.1, -0.05) is 48.5 Å². The molecular weight excluding hydrogens is 468 g/mol. The van der Waals surface area contributed by atoms with Crippen molar-refractivity contribution in [2.45, 2.75) is 33.2 Å². The molecule has 4 aromatic rings. The standard InChI is InChI=1S/C28H28N6O3/c1-4-37-23-15-13-22(14-16-23)33-27(35)25(32(28(33)36)18-17-21-11-6-5-7-12-21)26-29-30-31-34(26)24-19(2)9-8-10-20(24)3/h5-16,25H,4,17-18H2,1-3H3. The highest BCUT2D eigenvalue weighted by atomic mass is 16.5. The summed E-state index contributed by atoms with van der Waals surface area (Å²) in [7, 11) is 0. The van der Waals surface area contributed by atoms with Crippen molar-refractivity contribution >= 4 is 17.6 Å². The van der Waals surface area contributed by atoms with E-state index in [0.717, 1.165) is 22.4 Å². The lowest BCUT2D eigenvalue weighted by Crippen LogP contribution is -2.34. The molecule has 1 saturated heterocycles. The molecule has 1 unspecified atom stereocenters. The van der Waals surface area contributed by atoms with E-state index in [1.165, 1.54) is 4.90 Å². The van der Waals surface area contributed by atoms with Gasteiger partial charge in [0.2, 0.25) is 0 Å². The van der Waals surface area contributed by atoms with E-state index in [9.17, 15) is 9.59 Å². The maximum absolute atomic E-state index is 13.9. The number of hydrogen-bond acceptors (Lipinski definition) is 6. The highest BCUT2D eigenvalue weighted by Gasteiger charge is 2.49. The van der Waals surface area contributed by atoms with Gasteiger partial charge in [-0.2, -0.15) is 4.68 Å². The zero-order valence-electron chi connectivity index (χ0n) is 21.0. The lowest BCUT2D eigenvalue weighted by molar-refractivity contribution is -0.120. The fourth-order valence-corrected chi connectivity index (χ4v) is 4.72. The van der Waals surface area contributed by atoms with Crippen molar-refractivity contribution in [2.75, 3.05) is 18.1 Å². The minimum Gasteiger partial charge on any atom is -0.494 e. The second-order valence-electron chi connectivity index (χ2n) is 8.90. The SMILES string of the molecule is CCOc1ccc(N2C(=O)C(c3nnnn3-c3c(C)cccc3C)N(CCc3ccccc3)C2=O)cc1. The van der Waals surface area contributed by atoms with E-state index in [4.69, 9.17) is 4.74 Å². The quantitative estimate of drug-likeness (QED) is 0.335. The number of nitrogens with zero attached hydrogens (tertiary/aromatic N) is 6. The van der Waals surface area contributed by atoms with Gasteiger partial charge in [0.1, 0.15) is 5.75 Å². The normalized spacial score (nSPS) is 15.5. The monoisotopic (exact) mass is 496 g/mol. The summed E-state index contributed by atoms with van der Waals surface area (Å²) in [5.41, 5.74) is 4.26. The molecule has 1 fully saturated rings. The first-order valence-corrected chi connectivity index (χ1v) is 12.3. The van der Waals surface area contributed by atoms with Gasteiger partial charge in [0.15, 0.2) is 11.9 Å². The first-order valence-electron chi connectivity index (χ1n) is 12.3.